The van der Waals surface area contributed by atoms with Gasteiger partial charge in [-0.1, -0.05) is 117 Å². The first-order valence-corrected chi connectivity index (χ1v) is 18.5. The number of hydrogen-bond donors (Lipinski definition) is 0. The summed E-state index contributed by atoms with van der Waals surface area (Å²) in [4.78, 5) is 10.8. The second kappa shape index (κ2) is 10.6. The third kappa shape index (κ3) is 3.83. The molecule has 0 amide bonds. The normalized spacial score (nSPS) is 13.5. The van der Waals surface area contributed by atoms with E-state index in [1.165, 1.54) is 38.4 Å². The van der Waals surface area contributed by atoms with Crippen molar-refractivity contribution in [2.45, 2.75) is 19.3 Å². The Labute approximate surface area is 310 Å². The van der Waals surface area contributed by atoms with E-state index in [-0.39, 0.29) is 5.41 Å². The van der Waals surface area contributed by atoms with Crippen molar-refractivity contribution in [1.29, 1.82) is 0 Å². The Balaban J connectivity index is 1.14. The van der Waals surface area contributed by atoms with Gasteiger partial charge < -0.3 is 13.6 Å². The van der Waals surface area contributed by atoms with E-state index in [1.807, 2.05) is 6.07 Å². The summed E-state index contributed by atoms with van der Waals surface area (Å²) in [5.74, 6) is 0.695. The molecule has 5 heteroatoms. The van der Waals surface area contributed by atoms with Crippen LogP contribution in [0.15, 0.2) is 162 Å². The van der Waals surface area contributed by atoms with Crippen LogP contribution in [0.2, 0.25) is 0 Å². The summed E-state index contributed by atoms with van der Waals surface area (Å²) in [5.41, 5.74) is 14.7. The smallest absolute Gasteiger partial charge is 0.162 e. The minimum atomic E-state index is -0.275. The van der Waals surface area contributed by atoms with Crippen molar-refractivity contribution >= 4 is 65.7 Å². The Hall–Kier alpha value is -6.98. The van der Waals surface area contributed by atoms with Crippen LogP contribution in [0.3, 0.4) is 0 Å². The van der Waals surface area contributed by atoms with Gasteiger partial charge >= 0.3 is 0 Å². The molecule has 0 saturated heterocycles. The fourth-order valence-electron chi connectivity index (χ4n) is 9.27. The lowest BCUT2D eigenvalue weighted by Crippen LogP contribution is -2.26. The molecule has 0 spiro atoms. The molecule has 0 aliphatic carbocycles. The fraction of sp³-hybridized carbons (Fsp3) is 0.0612. The summed E-state index contributed by atoms with van der Waals surface area (Å²) in [6.07, 6.45) is 0. The Bertz CT molecular complexity index is 3320. The maximum absolute atomic E-state index is 6.64. The van der Waals surface area contributed by atoms with Crippen LogP contribution in [0.5, 0.6) is 0 Å². The first-order chi connectivity index (χ1) is 26.6. The fourth-order valence-corrected chi connectivity index (χ4v) is 9.27. The van der Waals surface area contributed by atoms with Crippen molar-refractivity contribution in [2.24, 2.45) is 0 Å². The molecule has 1 aliphatic rings. The molecular formula is C49H32N4O. The van der Waals surface area contributed by atoms with E-state index >= 15 is 0 Å². The molecule has 11 aromatic rings. The first kappa shape index (κ1) is 29.6. The van der Waals surface area contributed by atoms with Gasteiger partial charge in [0.2, 0.25) is 0 Å². The van der Waals surface area contributed by atoms with Gasteiger partial charge in [0.15, 0.2) is 11.4 Å². The van der Waals surface area contributed by atoms with Gasteiger partial charge in [-0.2, -0.15) is 0 Å². The molecule has 1 aliphatic heterocycles. The van der Waals surface area contributed by atoms with Crippen LogP contribution in [-0.4, -0.2) is 19.1 Å². The molecule has 0 fully saturated rings. The zero-order valence-corrected chi connectivity index (χ0v) is 29.7. The van der Waals surface area contributed by atoms with E-state index in [0.717, 1.165) is 66.6 Å². The van der Waals surface area contributed by atoms with Gasteiger partial charge in [0.25, 0.3) is 0 Å². The number of fused-ring (bicyclic) bond motifs is 11. The number of hydrogen-bond acceptors (Lipinski definition) is 3. The average molecular weight is 693 g/mol. The molecule has 54 heavy (non-hydrogen) atoms. The van der Waals surface area contributed by atoms with Crippen LogP contribution in [0, 0.1) is 0 Å². The topological polar surface area (TPSA) is 48.8 Å². The molecule has 4 aromatic heterocycles. The molecule has 12 rings (SSSR count). The predicted molar refractivity (Wildman–Crippen MR) is 221 cm³/mol. The third-order valence-corrected chi connectivity index (χ3v) is 11.7. The molecule has 0 N–H and O–H groups in total. The molecule has 0 unspecified atom stereocenters. The van der Waals surface area contributed by atoms with E-state index in [2.05, 4.69) is 175 Å². The molecule has 0 bridgehead atoms. The van der Waals surface area contributed by atoms with E-state index in [9.17, 15) is 0 Å². The van der Waals surface area contributed by atoms with Gasteiger partial charge in [-0.25, -0.2) is 9.97 Å². The monoisotopic (exact) mass is 692 g/mol. The standard InChI is InChI=1S/C49H32N4O/c1-49(2)37-22-12-20-35-44(37)53(46-34-19-6-10-27-42(34)54-47(35)46)45-36(21-13-23-38(45)49)48-50-39-24-7-3-18-33(39)43(51-48)29-14-11-15-30(28-29)52-40-25-8-4-16-31(40)32-17-5-9-26-41(32)52/h3-28H,1-2H3. The van der Waals surface area contributed by atoms with E-state index in [1.54, 1.807) is 0 Å². The molecule has 0 saturated carbocycles. The van der Waals surface area contributed by atoms with Crippen LogP contribution in [0.25, 0.3) is 99.7 Å². The Kier molecular flexibility index (Phi) is 5.78. The Morgan fingerprint density at radius 1 is 0.519 bits per heavy atom. The van der Waals surface area contributed by atoms with Crippen LogP contribution < -0.4 is 0 Å². The summed E-state index contributed by atoms with van der Waals surface area (Å²) in [5, 5.41) is 5.71. The SMILES string of the molecule is CC1(C)c2cccc(-c3nc(-c4cccc(-n5c6ccccc6c6ccccc65)c4)c4ccccc4n3)c2-n2c3c1cccc3c1oc3ccccc3c12. The quantitative estimate of drug-likeness (QED) is 0.185. The average Bonchev–Trinajstić information content (AvgIpc) is 3.87. The molecule has 0 atom stereocenters. The lowest BCUT2D eigenvalue weighted by molar-refractivity contribution is 0.630. The van der Waals surface area contributed by atoms with E-state index in [0.29, 0.717) is 5.82 Å². The summed E-state index contributed by atoms with van der Waals surface area (Å²) in [6.45, 7) is 4.65. The number of furan rings is 1. The molecular weight excluding hydrogens is 661 g/mol. The summed E-state index contributed by atoms with van der Waals surface area (Å²) < 4.78 is 11.4. The highest BCUT2D eigenvalue weighted by Crippen LogP contribution is 2.51. The van der Waals surface area contributed by atoms with Gasteiger partial charge in [0.1, 0.15) is 11.1 Å². The van der Waals surface area contributed by atoms with Gasteiger partial charge in [-0.05, 0) is 65.7 Å². The predicted octanol–water partition coefficient (Wildman–Crippen LogP) is 12.5. The molecule has 5 heterocycles. The second-order valence-corrected chi connectivity index (χ2v) is 15.0. The van der Waals surface area contributed by atoms with Gasteiger partial charge in [-0.15, -0.1) is 0 Å². The van der Waals surface area contributed by atoms with Crippen molar-refractivity contribution in [1.82, 2.24) is 19.1 Å². The maximum atomic E-state index is 6.64. The lowest BCUT2D eigenvalue weighted by atomic mass is 9.74. The second-order valence-electron chi connectivity index (χ2n) is 15.0. The molecule has 254 valence electrons. The summed E-state index contributed by atoms with van der Waals surface area (Å²) in [6, 6.07) is 56.1. The van der Waals surface area contributed by atoms with Crippen molar-refractivity contribution in [2.75, 3.05) is 0 Å². The van der Waals surface area contributed by atoms with Gasteiger partial charge in [-0.3, -0.25) is 0 Å². The van der Waals surface area contributed by atoms with Gasteiger partial charge in [0.05, 0.1) is 33.4 Å². The summed E-state index contributed by atoms with van der Waals surface area (Å²) >= 11 is 0. The largest absolute Gasteiger partial charge is 0.454 e. The Morgan fingerprint density at radius 3 is 1.98 bits per heavy atom. The number of benzene rings is 7. The Morgan fingerprint density at radius 2 is 1.17 bits per heavy atom. The molecule has 7 aromatic carbocycles. The zero-order valence-electron chi connectivity index (χ0n) is 29.7. The maximum Gasteiger partial charge on any atom is 0.162 e. The van der Waals surface area contributed by atoms with Crippen LogP contribution in [0.1, 0.15) is 25.0 Å². The van der Waals surface area contributed by atoms with Gasteiger partial charge in [0, 0.05) is 49.2 Å². The highest BCUT2D eigenvalue weighted by atomic mass is 16.3. The number of nitrogens with zero attached hydrogens (tertiary/aromatic N) is 4. The van der Waals surface area contributed by atoms with Crippen LogP contribution >= 0.6 is 0 Å². The molecule has 5 nitrogen and oxygen atoms in total. The number of rotatable bonds is 3. The number of aromatic nitrogens is 4. The van der Waals surface area contributed by atoms with Crippen LogP contribution in [0.4, 0.5) is 0 Å². The van der Waals surface area contributed by atoms with Crippen molar-refractivity contribution in [3.63, 3.8) is 0 Å². The summed E-state index contributed by atoms with van der Waals surface area (Å²) in [7, 11) is 0. The van der Waals surface area contributed by atoms with Crippen molar-refractivity contribution < 1.29 is 4.42 Å². The minimum Gasteiger partial charge on any atom is -0.454 e. The van der Waals surface area contributed by atoms with Crippen molar-refractivity contribution in [3.05, 3.63) is 169 Å². The van der Waals surface area contributed by atoms with E-state index < -0.39 is 0 Å². The first-order valence-electron chi connectivity index (χ1n) is 18.5. The molecule has 0 radical (unpaired) electrons. The van der Waals surface area contributed by atoms with Crippen molar-refractivity contribution in [3.8, 4) is 34.0 Å². The highest BCUT2D eigenvalue weighted by molar-refractivity contribution is 6.18. The zero-order chi connectivity index (χ0) is 35.7. The lowest BCUT2D eigenvalue weighted by Gasteiger charge is -2.35. The van der Waals surface area contributed by atoms with Crippen LogP contribution in [-0.2, 0) is 5.41 Å². The number of para-hydroxylation sites is 6. The highest BCUT2D eigenvalue weighted by Gasteiger charge is 2.38. The minimum absolute atomic E-state index is 0.275. The third-order valence-electron chi connectivity index (χ3n) is 11.7. The van der Waals surface area contributed by atoms with E-state index in [4.69, 9.17) is 14.4 Å².